The molecule has 3 rings (SSSR count). The van der Waals surface area contributed by atoms with Gasteiger partial charge in [0.05, 0.1) is 12.1 Å². The summed E-state index contributed by atoms with van der Waals surface area (Å²) in [5.41, 5.74) is 2.36. The summed E-state index contributed by atoms with van der Waals surface area (Å²) in [5, 5.41) is 13.8. The number of nitrogens with one attached hydrogen (secondary N) is 2. The van der Waals surface area contributed by atoms with Gasteiger partial charge >= 0.3 is 0 Å². The average Bonchev–Trinajstić information content (AvgIpc) is 2.98. The zero-order chi connectivity index (χ0) is 16.2. The Morgan fingerprint density at radius 1 is 1.39 bits per heavy atom. The lowest BCUT2D eigenvalue weighted by atomic mass is 10.1. The predicted octanol–water partition coefficient (Wildman–Crippen LogP) is 1.67. The van der Waals surface area contributed by atoms with E-state index in [1.54, 1.807) is 0 Å². The van der Waals surface area contributed by atoms with Gasteiger partial charge in [-0.3, -0.25) is 9.69 Å². The molecule has 1 aromatic carbocycles. The van der Waals surface area contributed by atoms with Gasteiger partial charge in [0, 0.05) is 36.7 Å². The van der Waals surface area contributed by atoms with Crippen LogP contribution in [0.15, 0.2) is 30.5 Å². The first-order valence-corrected chi connectivity index (χ1v) is 8.40. The van der Waals surface area contributed by atoms with Crippen LogP contribution in [0, 0.1) is 0 Å². The number of likely N-dealkylation sites (tertiary alicyclic amines) is 1. The van der Waals surface area contributed by atoms with E-state index in [1.807, 2.05) is 25.3 Å². The van der Waals surface area contributed by atoms with Gasteiger partial charge in [0.25, 0.3) is 0 Å². The lowest BCUT2D eigenvalue weighted by Crippen LogP contribution is -2.49. The highest BCUT2D eigenvalue weighted by atomic mass is 16.3. The molecule has 0 saturated carbocycles. The number of aromatic amines is 1. The number of benzene rings is 1. The average molecular weight is 315 g/mol. The third-order valence-electron chi connectivity index (χ3n) is 4.79. The van der Waals surface area contributed by atoms with Crippen molar-refractivity contribution in [2.24, 2.45) is 0 Å². The van der Waals surface area contributed by atoms with Gasteiger partial charge in [0.2, 0.25) is 5.91 Å². The molecule has 1 aliphatic heterocycles. The number of piperidine rings is 1. The van der Waals surface area contributed by atoms with E-state index in [4.69, 9.17) is 0 Å². The molecular weight excluding hydrogens is 290 g/mol. The summed E-state index contributed by atoms with van der Waals surface area (Å²) >= 11 is 0. The molecule has 1 saturated heterocycles. The first-order chi connectivity index (χ1) is 11.1. The van der Waals surface area contributed by atoms with Crippen molar-refractivity contribution in [2.45, 2.75) is 38.3 Å². The minimum Gasteiger partial charge on any atom is -0.393 e. The van der Waals surface area contributed by atoms with E-state index in [9.17, 15) is 9.90 Å². The van der Waals surface area contributed by atoms with E-state index in [0.717, 1.165) is 37.9 Å². The standard InChI is InChI=1S/C18H25N3O2/c1-13(21-10-7-15(22)8-11-21)18(23)19-9-6-14-12-20-17-5-3-2-4-16(14)17/h2-5,12-13,15,20,22H,6-11H2,1H3,(H,19,23). The fourth-order valence-electron chi connectivity index (χ4n) is 3.25. The Morgan fingerprint density at radius 3 is 2.91 bits per heavy atom. The second-order valence-electron chi connectivity index (χ2n) is 6.34. The van der Waals surface area contributed by atoms with Crippen LogP contribution in [-0.2, 0) is 11.2 Å². The molecule has 1 fully saturated rings. The molecule has 0 bridgehead atoms. The van der Waals surface area contributed by atoms with E-state index >= 15 is 0 Å². The zero-order valence-corrected chi connectivity index (χ0v) is 13.6. The maximum absolute atomic E-state index is 12.3. The SMILES string of the molecule is CC(C(=O)NCCc1c[nH]c2ccccc12)N1CCC(O)CC1. The van der Waals surface area contributed by atoms with Crippen molar-refractivity contribution in [2.75, 3.05) is 19.6 Å². The molecule has 1 amide bonds. The van der Waals surface area contributed by atoms with E-state index in [0.29, 0.717) is 6.54 Å². The van der Waals surface area contributed by atoms with Crippen LogP contribution in [0.3, 0.4) is 0 Å². The quantitative estimate of drug-likeness (QED) is 0.786. The minimum absolute atomic E-state index is 0.0706. The number of nitrogens with zero attached hydrogens (tertiary/aromatic N) is 1. The van der Waals surface area contributed by atoms with Gasteiger partial charge in [0.1, 0.15) is 0 Å². The Hall–Kier alpha value is -1.85. The number of carbonyl (C=O) groups is 1. The number of aliphatic hydroxyl groups excluding tert-OH is 1. The first kappa shape index (κ1) is 16.0. The smallest absolute Gasteiger partial charge is 0.237 e. The number of aliphatic hydroxyl groups is 1. The van der Waals surface area contributed by atoms with Crippen LogP contribution in [0.25, 0.3) is 10.9 Å². The van der Waals surface area contributed by atoms with Crippen LogP contribution in [0.5, 0.6) is 0 Å². The van der Waals surface area contributed by atoms with Crippen molar-refractivity contribution in [1.29, 1.82) is 0 Å². The van der Waals surface area contributed by atoms with Crippen molar-refractivity contribution in [3.63, 3.8) is 0 Å². The molecule has 3 N–H and O–H groups in total. The van der Waals surface area contributed by atoms with Crippen LogP contribution >= 0.6 is 0 Å². The number of hydrogen-bond donors (Lipinski definition) is 3. The molecule has 0 spiro atoms. The lowest BCUT2D eigenvalue weighted by Gasteiger charge is -2.33. The van der Waals surface area contributed by atoms with Gasteiger partial charge in [-0.1, -0.05) is 18.2 Å². The molecule has 5 nitrogen and oxygen atoms in total. The predicted molar refractivity (Wildman–Crippen MR) is 91.3 cm³/mol. The van der Waals surface area contributed by atoms with Crippen LogP contribution in [-0.4, -0.2) is 52.7 Å². The summed E-state index contributed by atoms with van der Waals surface area (Å²) in [6.07, 6.45) is 4.15. The van der Waals surface area contributed by atoms with Crippen molar-refractivity contribution in [3.05, 3.63) is 36.0 Å². The fraction of sp³-hybridized carbons (Fsp3) is 0.500. The summed E-state index contributed by atoms with van der Waals surface area (Å²) in [4.78, 5) is 17.7. The minimum atomic E-state index is -0.205. The number of rotatable bonds is 5. The van der Waals surface area contributed by atoms with E-state index in [1.165, 1.54) is 10.9 Å². The molecule has 0 radical (unpaired) electrons. The number of H-pyrrole nitrogens is 1. The highest BCUT2D eigenvalue weighted by molar-refractivity contribution is 5.83. The third kappa shape index (κ3) is 3.74. The second-order valence-corrected chi connectivity index (χ2v) is 6.34. The lowest BCUT2D eigenvalue weighted by molar-refractivity contribution is -0.126. The van der Waals surface area contributed by atoms with E-state index in [-0.39, 0.29) is 18.1 Å². The number of aromatic nitrogens is 1. The molecule has 23 heavy (non-hydrogen) atoms. The molecule has 1 aromatic heterocycles. The Labute approximate surface area is 136 Å². The topological polar surface area (TPSA) is 68.4 Å². The number of para-hydroxylation sites is 1. The first-order valence-electron chi connectivity index (χ1n) is 8.40. The van der Waals surface area contributed by atoms with Crippen molar-refractivity contribution >= 4 is 16.8 Å². The molecule has 124 valence electrons. The van der Waals surface area contributed by atoms with Crippen molar-refractivity contribution in [3.8, 4) is 0 Å². The summed E-state index contributed by atoms with van der Waals surface area (Å²) < 4.78 is 0. The highest BCUT2D eigenvalue weighted by Gasteiger charge is 2.25. The van der Waals surface area contributed by atoms with E-state index in [2.05, 4.69) is 27.3 Å². The molecule has 5 heteroatoms. The maximum Gasteiger partial charge on any atom is 0.237 e. The summed E-state index contributed by atoms with van der Waals surface area (Å²) in [7, 11) is 0. The Bertz CT molecular complexity index is 659. The Balaban J connectivity index is 1.49. The summed E-state index contributed by atoms with van der Waals surface area (Å²) in [6, 6.07) is 8.08. The second kappa shape index (κ2) is 7.15. The highest BCUT2D eigenvalue weighted by Crippen LogP contribution is 2.18. The van der Waals surface area contributed by atoms with Crippen LogP contribution < -0.4 is 5.32 Å². The molecule has 2 heterocycles. The van der Waals surface area contributed by atoms with Gasteiger partial charge in [-0.25, -0.2) is 0 Å². The van der Waals surface area contributed by atoms with Crippen LogP contribution in [0.1, 0.15) is 25.3 Å². The summed E-state index contributed by atoms with van der Waals surface area (Å²) in [6.45, 7) is 4.16. The largest absolute Gasteiger partial charge is 0.393 e. The molecule has 0 aliphatic carbocycles. The molecule has 2 aromatic rings. The van der Waals surface area contributed by atoms with Crippen LogP contribution in [0.4, 0.5) is 0 Å². The van der Waals surface area contributed by atoms with Crippen molar-refractivity contribution < 1.29 is 9.90 Å². The monoisotopic (exact) mass is 315 g/mol. The molecule has 1 atom stereocenters. The van der Waals surface area contributed by atoms with E-state index < -0.39 is 0 Å². The van der Waals surface area contributed by atoms with Gasteiger partial charge in [0.15, 0.2) is 0 Å². The van der Waals surface area contributed by atoms with Gasteiger partial charge in [-0.05, 0) is 37.8 Å². The zero-order valence-electron chi connectivity index (χ0n) is 13.6. The third-order valence-corrected chi connectivity index (χ3v) is 4.79. The fourth-order valence-corrected chi connectivity index (χ4v) is 3.25. The maximum atomic E-state index is 12.3. The Kier molecular flexibility index (Phi) is 4.98. The van der Waals surface area contributed by atoms with Crippen LogP contribution in [0.2, 0.25) is 0 Å². The van der Waals surface area contributed by atoms with Gasteiger partial charge < -0.3 is 15.4 Å². The Morgan fingerprint density at radius 2 is 2.13 bits per heavy atom. The summed E-state index contributed by atoms with van der Waals surface area (Å²) in [5.74, 6) is 0.0706. The van der Waals surface area contributed by atoms with Gasteiger partial charge in [-0.2, -0.15) is 0 Å². The molecule has 1 aliphatic rings. The van der Waals surface area contributed by atoms with Crippen molar-refractivity contribution in [1.82, 2.24) is 15.2 Å². The number of amides is 1. The number of fused-ring (bicyclic) bond motifs is 1. The number of carbonyl (C=O) groups excluding carboxylic acids is 1. The normalized spacial score (nSPS) is 18.2. The number of hydrogen-bond acceptors (Lipinski definition) is 3. The van der Waals surface area contributed by atoms with Gasteiger partial charge in [-0.15, -0.1) is 0 Å². The molecule has 1 unspecified atom stereocenters. The molecular formula is C18H25N3O2.